The predicted molar refractivity (Wildman–Crippen MR) is 134 cm³/mol. The SMILES string of the molecule is C1CCC(NC2CCCCC2)CC1.CN(C(=O)OC(C)(C)C)[C@@H](Cc1ccc(O)cc1)C(=O)O. The van der Waals surface area contributed by atoms with Crippen LogP contribution >= 0.6 is 0 Å². The van der Waals surface area contributed by atoms with E-state index in [0.29, 0.717) is 5.56 Å². The van der Waals surface area contributed by atoms with Crippen LogP contribution in [0.5, 0.6) is 5.75 Å². The number of ether oxygens (including phenoxy) is 1. The van der Waals surface area contributed by atoms with Crippen molar-refractivity contribution in [2.45, 2.75) is 115 Å². The predicted octanol–water partition coefficient (Wildman–Crippen LogP) is 5.50. The zero-order valence-electron chi connectivity index (χ0n) is 21.4. The van der Waals surface area contributed by atoms with Gasteiger partial charge in [-0.25, -0.2) is 9.59 Å². The number of carbonyl (C=O) groups is 2. The molecule has 1 aromatic carbocycles. The quantitative estimate of drug-likeness (QED) is 0.502. The Morgan fingerprint density at radius 1 is 0.971 bits per heavy atom. The Balaban J connectivity index is 0.000000266. The molecule has 1 atom stereocenters. The van der Waals surface area contributed by atoms with E-state index in [-0.39, 0.29) is 12.2 Å². The summed E-state index contributed by atoms with van der Waals surface area (Å²) in [5, 5.41) is 22.4. The zero-order chi connectivity index (χ0) is 25.1. The first-order valence-electron chi connectivity index (χ1n) is 12.8. The monoisotopic (exact) mass is 476 g/mol. The maximum absolute atomic E-state index is 11.9. The van der Waals surface area contributed by atoms with E-state index in [4.69, 9.17) is 4.74 Å². The summed E-state index contributed by atoms with van der Waals surface area (Å²) in [6.45, 7) is 5.15. The Bertz CT molecular complexity index is 731. The molecule has 7 heteroatoms. The number of phenolic OH excluding ortho intramolecular Hbond substituents is 1. The molecule has 0 heterocycles. The molecule has 1 amide bonds. The number of likely N-dealkylation sites (N-methyl/N-ethyl adjacent to an activating group) is 1. The molecule has 2 fully saturated rings. The van der Waals surface area contributed by atoms with Crippen LogP contribution in [0.4, 0.5) is 4.79 Å². The lowest BCUT2D eigenvalue weighted by Crippen LogP contribution is -2.46. The number of phenols is 1. The van der Waals surface area contributed by atoms with Gasteiger partial charge in [-0.15, -0.1) is 0 Å². The van der Waals surface area contributed by atoms with Gasteiger partial charge in [0.15, 0.2) is 0 Å². The lowest BCUT2D eigenvalue weighted by Gasteiger charge is -2.30. The zero-order valence-corrected chi connectivity index (χ0v) is 21.4. The number of nitrogens with zero attached hydrogens (tertiary/aromatic N) is 1. The molecule has 192 valence electrons. The molecule has 2 aliphatic rings. The van der Waals surface area contributed by atoms with Crippen LogP contribution in [0.15, 0.2) is 24.3 Å². The molecule has 1 aromatic rings. The summed E-state index contributed by atoms with van der Waals surface area (Å²) < 4.78 is 5.17. The second-order valence-corrected chi connectivity index (χ2v) is 10.7. The molecule has 3 N–H and O–H groups in total. The molecule has 0 spiro atoms. The number of aliphatic carboxylic acids is 1. The molecule has 0 saturated heterocycles. The van der Waals surface area contributed by atoms with Crippen molar-refractivity contribution in [1.29, 1.82) is 0 Å². The van der Waals surface area contributed by atoms with Crippen molar-refractivity contribution in [2.24, 2.45) is 0 Å². The fraction of sp³-hybridized carbons (Fsp3) is 0.704. The van der Waals surface area contributed by atoms with Crippen molar-refractivity contribution in [3.8, 4) is 5.75 Å². The molecule has 0 bridgehead atoms. The summed E-state index contributed by atoms with van der Waals surface area (Å²) in [5.74, 6) is -1.01. The number of hydrogen-bond acceptors (Lipinski definition) is 5. The van der Waals surface area contributed by atoms with Gasteiger partial charge in [-0.1, -0.05) is 50.7 Å². The number of carboxylic acid groups (broad SMARTS) is 1. The van der Waals surface area contributed by atoms with Crippen molar-refractivity contribution < 1.29 is 24.5 Å². The largest absolute Gasteiger partial charge is 0.508 e. The topological polar surface area (TPSA) is 99.1 Å². The van der Waals surface area contributed by atoms with Gasteiger partial charge in [0.05, 0.1) is 0 Å². The Morgan fingerprint density at radius 3 is 1.85 bits per heavy atom. The third kappa shape index (κ3) is 10.3. The summed E-state index contributed by atoms with van der Waals surface area (Å²) >= 11 is 0. The summed E-state index contributed by atoms with van der Waals surface area (Å²) in [4.78, 5) is 24.4. The number of hydrogen-bond donors (Lipinski definition) is 3. The summed E-state index contributed by atoms with van der Waals surface area (Å²) in [5.41, 5.74) is 0.0167. The van der Waals surface area contributed by atoms with Crippen molar-refractivity contribution in [1.82, 2.24) is 10.2 Å². The van der Waals surface area contributed by atoms with E-state index < -0.39 is 23.7 Å². The van der Waals surface area contributed by atoms with Crippen molar-refractivity contribution in [3.05, 3.63) is 29.8 Å². The molecule has 7 nitrogen and oxygen atoms in total. The Hall–Kier alpha value is -2.28. The fourth-order valence-electron chi connectivity index (χ4n) is 4.58. The first-order valence-corrected chi connectivity index (χ1v) is 12.8. The third-order valence-corrected chi connectivity index (χ3v) is 6.48. The first kappa shape index (κ1) is 28.0. The van der Waals surface area contributed by atoms with E-state index >= 15 is 0 Å². The van der Waals surface area contributed by atoms with Crippen LogP contribution in [0.3, 0.4) is 0 Å². The Kier molecular flexibility index (Phi) is 11.2. The van der Waals surface area contributed by atoms with E-state index in [0.717, 1.165) is 17.0 Å². The Morgan fingerprint density at radius 2 is 1.44 bits per heavy atom. The summed E-state index contributed by atoms with van der Waals surface area (Å²) in [7, 11) is 1.40. The van der Waals surface area contributed by atoms with Crippen LogP contribution in [0, 0.1) is 0 Å². The number of benzene rings is 1. The summed E-state index contributed by atoms with van der Waals surface area (Å²) in [6.07, 6.45) is 14.0. The molecule has 34 heavy (non-hydrogen) atoms. The minimum atomic E-state index is -1.11. The van der Waals surface area contributed by atoms with E-state index in [1.54, 1.807) is 32.9 Å². The highest BCUT2D eigenvalue weighted by Gasteiger charge is 2.30. The number of carbonyl (C=O) groups excluding carboxylic acids is 1. The van der Waals surface area contributed by atoms with Gasteiger partial charge in [-0.2, -0.15) is 0 Å². The van der Waals surface area contributed by atoms with Gasteiger partial charge in [-0.3, -0.25) is 4.90 Å². The lowest BCUT2D eigenvalue weighted by atomic mass is 9.91. The number of nitrogens with one attached hydrogen (secondary N) is 1. The average Bonchev–Trinajstić information content (AvgIpc) is 2.79. The molecule has 3 rings (SSSR count). The second kappa shape index (κ2) is 13.6. The van der Waals surface area contributed by atoms with Gasteiger partial charge >= 0.3 is 12.1 Å². The standard InChI is InChI=1S/C15H21NO5.C12H23N/c1-15(2,3)21-14(20)16(4)12(13(18)19)9-10-5-7-11(17)8-6-10;1-3-7-11(8-4-1)13-12-9-5-2-6-10-12/h5-8,12,17H,9H2,1-4H3,(H,18,19);11-13H,1-10H2/t12-;/m0./s1. The normalized spacial score (nSPS) is 18.4. The lowest BCUT2D eigenvalue weighted by molar-refractivity contribution is -0.142. The maximum Gasteiger partial charge on any atom is 0.410 e. The Labute approximate surface area is 204 Å². The van der Waals surface area contributed by atoms with Gasteiger partial charge in [0.1, 0.15) is 17.4 Å². The fourth-order valence-corrected chi connectivity index (χ4v) is 4.58. The van der Waals surface area contributed by atoms with E-state index in [1.165, 1.54) is 83.4 Å². The van der Waals surface area contributed by atoms with E-state index in [9.17, 15) is 19.8 Å². The molecule has 0 radical (unpaired) electrons. The summed E-state index contributed by atoms with van der Waals surface area (Å²) in [6, 6.07) is 6.89. The third-order valence-electron chi connectivity index (χ3n) is 6.48. The highest BCUT2D eigenvalue weighted by atomic mass is 16.6. The van der Waals surface area contributed by atoms with Crippen LogP contribution in [-0.4, -0.2) is 57.9 Å². The maximum atomic E-state index is 11.9. The number of aromatic hydroxyl groups is 1. The highest BCUT2D eigenvalue weighted by Crippen LogP contribution is 2.22. The van der Waals surface area contributed by atoms with E-state index in [2.05, 4.69) is 5.32 Å². The highest BCUT2D eigenvalue weighted by molar-refractivity contribution is 5.80. The van der Waals surface area contributed by atoms with Crippen LogP contribution in [0.1, 0.15) is 90.5 Å². The number of amides is 1. The molecule has 0 aromatic heterocycles. The van der Waals surface area contributed by atoms with Gasteiger partial charge in [0.25, 0.3) is 0 Å². The average molecular weight is 477 g/mol. The molecule has 2 saturated carbocycles. The first-order chi connectivity index (χ1) is 16.0. The second-order valence-electron chi connectivity index (χ2n) is 10.7. The molecular formula is C27H44N2O5. The van der Waals surface area contributed by atoms with Crippen LogP contribution in [0.2, 0.25) is 0 Å². The van der Waals surface area contributed by atoms with E-state index in [1.807, 2.05) is 0 Å². The molecule has 2 aliphatic carbocycles. The minimum Gasteiger partial charge on any atom is -0.508 e. The van der Waals surface area contributed by atoms with Crippen LogP contribution < -0.4 is 5.32 Å². The molecular weight excluding hydrogens is 432 g/mol. The van der Waals surface area contributed by atoms with Crippen molar-refractivity contribution in [2.75, 3.05) is 7.05 Å². The van der Waals surface area contributed by atoms with Crippen LogP contribution in [-0.2, 0) is 16.0 Å². The van der Waals surface area contributed by atoms with Gasteiger partial charge in [0.2, 0.25) is 0 Å². The molecule has 0 unspecified atom stereocenters. The van der Waals surface area contributed by atoms with Crippen molar-refractivity contribution >= 4 is 12.1 Å². The van der Waals surface area contributed by atoms with Gasteiger partial charge in [0, 0.05) is 25.6 Å². The van der Waals surface area contributed by atoms with Gasteiger partial charge in [-0.05, 0) is 64.2 Å². The van der Waals surface area contributed by atoms with Crippen LogP contribution in [0.25, 0.3) is 0 Å². The smallest absolute Gasteiger partial charge is 0.410 e. The van der Waals surface area contributed by atoms with Gasteiger partial charge < -0.3 is 20.3 Å². The number of rotatable bonds is 6. The van der Waals surface area contributed by atoms with Crippen molar-refractivity contribution in [3.63, 3.8) is 0 Å². The number of carboxylic acids is 1. The molecule has 0 aliphatic heterocycles. The minimum absolute atomic E-state index is 0.103.